The van der Waals surface area contributed by atoms with Gasteiger partial charge in [0, 0.05) is 0 Å². The van der Waals surface area contributed by atoms with E-state index in [1.807, 2.05) is 13.0 Å². The van der Waals surface area contributed by atoms with Crippen molar-refractivity contribution in [2.45, 2.75) is 33.1 Å². The van der Waals surface area contributed by atoms with E-state index < -0.39 is 11.8 Å². The summed E-state index contributed by atoms with van der Waals surface area (Å²) in [6.07, 6.45) is 6.43. The van der Waals surface area contributed by atoms with E-state index in [4.69, 9.17) is 12.2 Å². The number of carbonyl (C=O) groups excluding carboxylic acids is 2. The van der Waals surface area contributed by atoms with Crippen LogP contribution in [0.2, 0.25) is 0 Å². The van der Waals surface area contributed by atoms with Crippen LogP contribution in [-0.4, -0.2) is 16.9 Å². The molecule has 4 nitrogen and oxygen atoms in total. The summed E-state index contributed by atoms with van der Waals surface area (Å²) in [6, 6.07) is 0. The number of carbonyl (C=O) groups is 2. The molecular formula is C12H16N2O2S. The Labute approximate surface area is 106 Å². The molecule has 0 aromatic rings. The summed E-state index contributed by atoms with van der Waals surface area (Å²) in [5.74, 6) is -0.871. The molecule has 2 amide bonds. The zero-order valence-corrected chi connectivity index (χ0v) is 10.8. The highest BCUT2D eigenvalue weighted by atomic mass is 32.1. The molecule has 5 heteroatoms. The van der Waals surface area contributed by atoms with Crippen molar-refractivity contribution in [3.63, 3.8) is 0 Å². The molecule has 2 N–H and O–H groups in total. The van der Waals surface area contributed by atoms with Crippen molar-refractivity contribution in [2.24, 2.45) is 0 Å². The molecule has 0 aromatic heterocycles. The summed E-state index contributed by atoms with van der Waals surface area (Å²) in [6.45, 7) is 4.07. The third-order valence-corrected chi connectivity index (χ3v) is 2.58. The molecule has 1 saturated heterocycles. The Kier molecular flexibility index (Phi) is 5.03. The van der Waals surface area contributed by atoms with Crippen molar-refractivity contribution in [2.75, 3.05) is 0 Å². The van der Waals surface area contributed by atoms with E-state index >= 15 is 0 Å². The maximum absolute atomic E-state index is 11.6. The Balaban J connectivity index is 2.92. The van der Waals surface area contributed by atoms with Crippen LogP contribution in [0.3, 0.4) is 0 Å². The van der Waals surface area contributed by atoms with Gasteiger partial charge in [0.1, 0.15) is 5.57 Å². The second-order valence-corrected chi connectivity index (χ2v) is 4.12. The van der Waals surface area contributed by atoms with Crippen LogP contribution in [0.5, 0.6) is 0 Å². The van der Waals surface area contributed by atoms with Crippen LogP contribution in [-0.2, 0) is 9.59 Å². The van der Waals surface area contributed by atoms with E-state index in [1.54, 1.807) is 6.08 Å². The number of nitrogens with one attached hydrogen (secondary N) is 2. The summed E-state index contributed by atoms with van der Waals surface area (Å²) in [4.78, 5) is 23.2. The monoisotopic (exact) mass is 252 g/mol. The SMILES string of the molecule is CCCC=C(C=C1C(=O)NC(=S)NC1=O)CC. The summed E-state index contributed by atoms with van der Waals surface area (Å²) in [7, 11) is 0. The molecule has 0 spiro atoms. The predicted octanol–water partition coefficient (Wildman–Crippen LogP) is 1.58. The van der Waals surface area contributed by atoms with Crippen LogP contribution >= 0.6 is 12.2 Å². The van der Waals surface area contributed by atoms with Gasteiger partial charge in [0.05, 0.1) is 0 Å². The maximum Gasteiger partial charge on any atom is 0.263 e. The molecule has 0 atom stereocenters. The van der Waals surface area contributed by atoms with Gasteiger partial charge in [-0.2, -0.15) is 0 Å². The fourth-order valence-electron chi connectivity index (χ4n) is 1.43. The van der Waals surface area contributed by atoms with Gasteiger partial charge in [-0.15, -0.1) is 0 Å². The van der Waals surface area contributed by atoms with Gasteiger partial charge in [-0.05, 0) is 31.1 Å². The first-order valence-corrected chi connectivity index (χ1v) is 6.06. The van der Waals surface area contributed by atoms with E-state index in [2.05, 4.69) is 17.6 Å². The van der Waals surface area contributed by atoms with Crippen molar-refractivity contribution in [3.8, 4) is 0 Å². The van der Waals surface area contributed by atoms with Crippen LogP contribution in [0.15, 0.2) is 23.3 Å². The summed E-state index contributed by atoms with van der Waals surface area (Å²) in [5, 5.41) is 4.88. The van der Waals surface area contributed by atoms with Gasteiger partial charge in [0.25, 0.3) is 11.8 Å². The number of unbranched alkanes of at least 4 members (excludes halogenated alkanes) is 1. The topological polar surface area (TPSA) is 58.2 Å². The first kappa shape index (κ1) is 13.6. The zero-order valence-electron chi connectivity index (χ0n) is 10.0. The van der Waals surface area contributed by atoms with Gasteiger partial charge >= 0.3 is 0 Å². The molecule has 0 saturated carbocycles. The number of thiocarbonyl (C=S) groups is 1. The Morgan fingerprint density at radius 3 is 2.29 bits per heavy atom. The van der Waals surface area contributed by atoms with Crippen LogP contribution in [0.1, 0.15) is 33.1 Å². The van der Waals surface area contributed by atoms with Gasteiger partial charge in [-0.3, -0.25) is 20.2 Å². The minimum Gasteiger partial charge on any atom is -0.299 e. The number of allylic oxidation sites excluding steroid dienone is 3. The van der Waals surface area contributed by atoms with E-state index in [0.717, 1.165) is 24.8 Å². The summed E-state index contributed by atoms with van der Waals surface area (Å²) in [5.41, 5.74) is 1.10. The normalized spacial score (nSPS) is 16.7. The minimum absolute atomic E-state index is 0.0627. The molecule has 0 radical (unpaired) electrons. The van der Waals surface area contributed by atoms with Crippen LogP contribution < -0.4 is 10.6 Å². The van der Waals surface area contributed by atoms with Crippen molar-refractivity contribution in [1.29, 1.82) is 0 Å². The van der Waals surface area contributed by atoms with Crippen LogP contribution in [0, 0.1) is 0 Å². The average molecular weight is 252 g/mol. The molecule has 1 fully saturated rings. The van der Waals surface area contributed by atoms with E-state index in [1.165, 1.54) is 0 Å². The van der Waals surface area contributed by atoms with E-state index in [-0.39, 0.29) is 10.7 Å². The molecule has 92 valence electrons. The van der Waals surface area contributed by atoms with Gasteiger partial charge in [-0.1, -0.05) is 31.9 Å². The fourth-order valence-corrected chi connectivity index (χ4v) is 1.61. The highest BCUT2D eigenvalue weighted by Gasteiger charge is 2.25. The second kappa shape index (κ2) is 6.30. The zero-order chi connectivity index (χ0) is 12.8. The molecule has 1 heterocycles. The molecular weight excluding hydrogens is 236 g/mol. The van der Waals surface area contributed by atoms with Crippen molar-refractivity contribution in [3.05, 3.63) is 23.3 Å². The molecule has 0 aromatic carbocycles. The lowest BCUT2D eigenvalue weighted by Crippen LogP contribution is -2.51. The molecule has 0 bridgehead atoms. The van der Waals surface area contributed by atoms with Gasteiger partial charge in [0.15, 0.2) is 5.11 Å². The molecule has 17 heavy (non-hydrogen) atoms. The number of hydrogen-bond donors (Lipinski definition) is 2. The first-order chi connectivity index (χ1) is 8.08. The largest absolute Gasteiger partial charge is 0.299 e. The summed E-state index contributed by atoms with van der Waals surface area (Å²) < 4.78 is 0. The van der Waals surface area contributed by atoms with Gasteiger partial charge in [0.2, 0.25) is 0 Å². The lowest BCUT2D eigenvalue weighted by Gasteiger charge is -2.16. The standard InChI is InChI=1S/C12H16N2O2S/c1-3-5-6-8(4-2)7-9-10(15)13-12(17)14-11(9)16/h6-7H,3-5H2,1-2H3,(H2,13,14,15,16,17). The number of amides is 2. The fraction of sp³-hybridized carbons (Fsp3) is 0.417. The van der Waals surface area contributed by atoms with Crippen molar-refractivity contribution < 1.29 is 9.59 Å². The Morgan fingerprint density at radius 1 is 1.24 bits per heavy atom. The van der Waals surface area contributed by atoms with Gasteiger partial charge in [-0.25, -0.2) is 0 Å². The molecule has 1 aliphatic heterocycles. The second-order valence-electron chi connectivity index (χ2n) is 3.72. The lowest BCUT2D eigenvalue weighted by atomic mass is 10.1. The predicted molar refractivity (Wildman–Crippen MR) is 70.2 cm³/mol. The summed E-state index contributed by atoms with van der Waals surface area (Å²) >= 11 is 4.72. The van der Waals surface area contributed by atoms with Gasteiger partial charge < -0.3 is 0 Å². The average Bonchev–Trinajstić information content (AvgIpc) is 2.27. The van der Waals surface area contributed by atoms with E-state index in [9.17, 15) is 9.59 Å². The number of rotatable bonds is 4. The lowest BCUT2D eigenvalue weighted by molar-refractivity contribution is -0.123. The highest BCUT2D eigenvalue weighted by Crippen LogP contribution is 2.11. The molecule has 1 aliphatic rings. The smallest absolute Gasteiger partial charge is 0.263 e. The van der Waals surface area contributed by atoms with E-state index in [0.29, 0.717) is 0 Å². The Morgan fingerprint density at radius 2 is 1.82 bits per heavy atom. The molecule has 0 unspecified atom stereocenters. The first-order valence-electron chi connectivity index (χ1n) is 5.65. The van der Waals surface area contributed by atoms with Crippen molar-refractivity contribution in [1.82, 2.24) is 10.6 Å². The van der Waals surface area contributed by atoms with Crippen molar-refractivity contribution >= 4 is 29.1 Å². The third-order valence-electron chi connectivity index (χ3n) is 2.38. The van der Waals surface area contributed by atoms with Crippen LogP contribution in [0.25, 0.3) is 0 Å². The Bertz CT molecular complexity index is 389. The third kappa shape index (κ3) is 3.78. The van der Waals surface area contributed by atoms with Crippen LogP contribution in [0.4, 0.5) is 0 Å². The minimum atomic E-state index is -0.436. The molecule has 1 rings (SSSR count). The number of hydrogen-bond acceptors (Lipinski definition) is 3. The highest BCUT2D eigenvalue weighted by molar-refractivity contribution is 7.80. The quantitative estimate of drug-likeness (QED) is 0.454. The maximum atomic E-state index is 11.6. The Hall–Kier alpha value is -1.49. The molecule has 0 aliphatic carbocycles.